The van der Waals surface area contributed by atoms with Gasteiger partial charge in [-0.3, -0.25) is 4.79 Å². The number of fused-ring (bicyclic) bond motifs is 1. The summed E-state index contributed by atoms with van der Waals surface area (Å²) in [6.07, 6.45) is 2.67. The van der Waals surface area contributed by atoms with E-state index in [-0.39, 0.29) is 5.56 Å². The summed E-state index contributed by atoms with van der Waals surface area (Å²) in [5.74, 6) is 0.500. The fourth-order valence-electron chi connectivity index (χ4n) is 2.33. The normalized spacial score (nSPS) is 13.5. The quantitative estimate of drug-likeness (QED) is 0.497. The van der Waals surface area contributed by atoms with Crippen LogP contribution in [0.1, 0.15) is 23.2 Å². The van der Waals surface area contributed by atoms with Crippen molar-refractivity contribution < 1.29 is 0 Å². The molecule has 1 aliphatic carbocycles. The van der Waals surface area contributed by atoms with Crippen molar-refractivity contribution in [3.8, 4) is 0 Å². The molecule has 0 radical (unpaired) electrons. The molecule has 0 aliphatic heterocycles. The Labute approximate surface area is 141 Å². The van der Waals surface area contributed by atoms with E-state index in [1.165, 1.54) is 11.8 Å². The maximum absolute atomic E-state index is 11.9. The number of benzene rings is 1. The van der Waals surface area contributed by atoms with E-state index in [4.69, 9.17) is 34.8 Å². The van der Waals surface area contributed by atoms with E-state index in [0.717, 1.165) is 36.1 Å². The van der Waals surface area contributed by atoms with Crippen molar-refractivity contribution in [2.45, 2.75) is 30.2 Å². The molecule has 0 unspecified atom stereocenters. The van der Waals surface area contributed by atoms with Crippen LogP contribution in [-0.2, 0) is 18.6 Å². The van der Waals surface area contributed by atoms with Crippen molar-refractivity contribution in [2.24, 2.45) is 0 Å². The molecule has 1 aromatic heterocycles. The molecule has 2 aromatic rings. The Hall–Kier alpha value is -0.680. The number of nitrogens with zero attached hydrogens (tertiary/aromatic N) is 1. The van der Waals surface area contributed by atoms with Crippen LogP contribution in [0.3, 0.4) is 0 Å². The Balaban J connectivity index is 1.85. The summed E-state index contributed by atoms with van der Waals surface area (Å²) in [7, 11) is 0. The third kappa shape index (κ3) is 3.09. The maximum Gasteiger partial charge on any atom is 0.254 e. The van der Waals surface area contributed by atoms with Crippen molar-refractivity contribution in [1.82, 2.24) is 9.97 Å². The Morgan fingerprint density at radius 3 is 2.76 bits per heavy atom. The third-order valence-electron chi connectivity index (χ3n) is 3.41. The van der Waals surface area contributed by atoms with Gasteiger partial charge in [0.1, 0.15) is 0 Å². The van der Waals surface area contributed by atoms with E-state index >= 15 is 0 Å². The largest absolute Gasteiger partial charge is 0.301 e. The number of hydrogen-bond donors (Lipinski definition) is 1. The van der Waals surface area contributed by atoms with E-state index in [1.54, 1.807) is 12.1 Å². The Morgan fingerprint density at radius 2 is 1.95 bits per heavy atom. The second kappa shape index (κ2) is 6.21. The van der Waals surface area contributed by atoms with Gasteiger partial charge in [0, 0.05) is 21.9 Å². The fourth-order valence-corrected chi connectivity index (χ4v) is 4.09. The molecule has 1 aliphatic rings. The minimum absolute atomic E-state index is 0.0386. The summed E-state index contributed by atoms with van der Waals surface area (Å²) < 4.78 is 0. The van der Waals surface area contributed by atoms with Gasteiger partial charge >= 0.3 is 0 Å². The van der Waals surface area contributed by atoms with E-state index in [0.29, 0.717) is 26.0 Å². The van der Waals surface area contributed by atoms with E-state index < -0.39 is 0 Å². The lowest BCUT2D eigenvalue weighted by Gasteiger charge is -2.08. The van der Waals surface area contributed by atoms with Crippen LogP contribution < -0.4 is 5.56 Å². The number of thioether (sulfide) groups is 1. The highest BCUT2D eigenvalue weighted by Gasteiger charge is 2.18. The fraction of sp³-hybridized carbons (Fsp3) is 0.286. The number of nitrogens with one attached hydrogen (secondary N) is 1. The predicted molar refractivity (Wildman–Crippen MR) is 87.9 cm³/mol. The van der Waals surface area contributed by atoms with Crippen molar-refractivity contribution >= 4 is 46.6 Å². The zero-order valence-electron chi connectivity index (χ0n) is 10.9. The van der Waals surface area contributed by atoms with Crippen molar-refractivity contribution in [2.75, 3.05) is 0 Å². The number of aromatic amines is 1. The second-order valence-corrected chi connectivity index (χ2v) is 6.92. The van der Waals surface area contributed by atoms with Gasteiger partial charge in [0.05, 0.1) is 15.7 Å². The first-order chi connectivity index (χ1) is 10.1. The molecule has 21 heavy (non-hydrogen) atoms. The second-order valence-electron chi connectivity index (χ2n) is 4.76. The average molecular weight is 362 g/mol. The highest BCUT2D eigenvalue weighted by molar-refractivity contribution is 7.98. The van der Waals surface area contributed by atoms with Gasteiger partial charge < -0.3 is 4.98 Å². The molecular weight excluding hydrogens is 351 g/mol. The molecule has 0 atom stereocenters. The van der Waals surface area contributed by atoms with Gasteiger partial charge in [-0.1, -0.05) is 46.6 Å². The Bertz CT molecular complexity index is 761. The average Bonchev–Trinajstić information content (AvgIpc) is 2.92. The van der Waals surface area contributed by atoms with E-state index in [9.17, 15) is 4.79 Å². The van der Waals surface area contributed by atoms with Gasteiger partial charge in [0.2, 0.25) is 0 Å². The molecule has 3 nitrogen and oxygen atoms in total. The molecule has 7 heteroatoms. The lowest BCUT2D eigenvalue weighted by Crippen LogP contribution is -2.14. The smallest absolute Gasteiger partial charge is 0.254 e. The highest BCUT2D eigenvalue weighted by Crippen LogP contribution is 2.35. The molecule has 110 valence electrons. The van der Waals surface area contributed by atoms with Crippen LogP contribution >= 0.6 is 46.6 Å². The van der Waals surface area contributed by atoms with Gasteiger partial charge in [-0.05, 0) is 31.4 Å². The standard InChI is InChI=1S/C14H11Cl3N2OS/c15-9-4-5-10(16)12(17)8(9)6-21-14-18-11-3-1-2-7(11)13(20)19-14/h4-5H,1-3,6H2,(H,18,19,20). The van der Waals surface area contributed by atoms with Gasteiger partial charge in [0.15, 0.2) is 5.16 Å². The lowest BCUT2D eigenvalue weighted by molar-refractivity contribution is 0.869. The lowest BCUT2D eigenvalue weighted by atomic mass is 10.2. The van der Waals surface area contributed by atoms with Crippen LogP contribution in [0, 0.1) is 0 Å². The first-order valence-electron chi connectivity index (χ1n) is 6.43. The molecule has 3 rings (SSSR count). The molecule has 1 aromatic carbocycles. The van der Waals surface area contributed by atoms with Crippen molar-refractivity contribution in [1.29, 1.82) is 0 Å². The summed E-state index contributed by atoms with van der Waals surface area (Å²) in [4.78, 5) is 19.3. The molecular formula is C14H11Cl3N2OS. The minimum atomic E-state index is -0.0386. The molecule has 0 saturated heterocycles. The van der Waals surface area contributed by atoms with Crippen LogP contribution in [0.4, 0.5) is 0 Å². The topological polar surface area (TPSA) is 45.8 Å². The number of halogens is 3. The molecule has 0 fully saturated rings. The Morgan fingerprint density at radius 1 is 1.19 bits per heavy atom. The summed E-state index contributed by atoms with van der Waals surface area (Å²) in [6, 6.07) is 3.38. The van der Waals surface area contributed by atoms with Crippen LogP contribution in [0.15, 0.2) is 22.1 Å². The zero-order chi connectivity index (χ0) is 15.0. The molecule has 1 heterocycles. The number of aryl methyl sites for hydroxylation is 1. The number of aromatic nitrogens is 2. The number of rotatable bonds is 3. The van der Waals surface area contributed by atoms with Crippen LogP contribution in [0.2, 0.25) is 15.1 Å². The zero-order valence-corrected chi connectivity index (χ0v) is 14.0. The predicted octanol–water partition coefficient (Wildman–Crippen LogP) is 4.51. The monoisotopic (exact) mass is 360 g/mol. The van der Waals surface area contributed by atoms with E-state index in [2.05, 4.69) is 9.97 Å². The minimum Gasteiger partial charge on any atom is -0.301 e. The Kier molecular flexibility index (Phi) is 4.50. The SMILES string of the molecule is O=c1[nH]c(SCc2c(Cl)ccc(Cl)c2Cl)nc2c1CCC2. The summed E-state index contributed by atoms with van der Waals surface area (Å²) in [5, 5.41) is 2.06. The third-order valence-corrected chi connectivity index (χ3v) is 5.51. The molecule has 0 amide bonds. The first-order valence-corrected chi connectivity index (χ1v) is 8.55. The van der Waals surface area contributed by atoms with Crippen molar-refractivity contribution in [3.63, 3.8) is 0 Å². The van der Waals surface area contributed by atoms with Crippen LogP contribution in [0.5, 0.6) is 0 Å². The van der Waals surface area contributed by atoms with Crippen LogP contribution in [-0.4, -0.2) is 9.97 Å². The number of H-pyrrole nitrogens is 1. The van der Waals surface area contributed by atoms with Gasteiger partial charge in [-0.2, -0.15) is 0 Å². The summed E-state index contributed by atoms with van der Waals surface area (Å²) >= 11 is 19.7. The summed E-state index contributed by atoms with van der Waals surface area (Å²) in [5.41, 5.74) is 2.44. The molecule has 0 saturated carbocycles. The molecule has 0 bridgehead atoms. The van der Waals surface area contributed by atoms with Gasteiger partial charge in [0.25, 0.3) is 5.56 Å². The number of hydrogen-bond acceptors (Lipinski definition) is 3. The van der Waals surface area contributed by atoms with Crippen LogP contribution in [0.25, 0.3) is 0 Å². The molecule has 0 spiro atoms. The first kappa shape index (κ1) is 15.2. The highest BCUT2D eigenvalue weighted by atomic mass is 35.5. The van der Waals surface area contributed by atoms with Crippen molar-refractivity contribution in [3.05, 3.63) is 54.4 Å². The van der Waals surface area contributed by atoms with Gasteiger partial charge in [-0.25, -0.2) is 4.98 Å². The maximum atomic E-state index is 11.9. The van der Waals surface area contributed by atoms with Gasteiger partial charge in [-0.15, -0.1) is 0 Å². The summed E-state index contributed by atoms with van der Waals surface area (Å²) in [6.45, 7) is 0. The molecule has 1 N–H and O–H groups in total. The van der Waals surface area contributed by atoms with E-state index in [1.807, 2.05) is 0 Å².